The highest BCUT2D eigenvalue weighted by Crippen LogP contribution is 2.43. The van der Waals surface area contributed by atoms with Gasteiger partial charge in [0.1, 0.15) is 5.75 Å². The maximum atomic E-state index is 11.6. The molecule has 0 radical (unpaired) electrons. The monoisotopic (exact) mass is 361 g/mol. The van der Waals surface area contributed by atoms with Gasteiger partial charge in [0, 0.05) is 22.2 Å². The van der Waals surface area contributed by atoms with Crippen LogP contribution in [0.25, 0.3) is 5.76 Å². The molecule has 3 rings (SSSR count). The topological polar surface area (TPSA) is 70.8 Å². The highest BCUT2D eigenvalue weighted by atomic mass is 35.5. The molecule has 0 fully saturated rings. The molecule has 0 bridgehead atoms. The van der Waals surface area contributed by atoms with E-state index >= 15 is 0 Å². The molecule has 0 saturated heterocycles. The van der Waals surface area contributed by atoms with E-state index in [-0.39, 0.29) is 17.9 Å². The Morgan fingerprint density at radius 3 is 2.56 bits per heavy atom. The van der Waals surface area contributed by atoms with Crippen LogP contribution in [0.15, 0.2) is 36.0 Å². The van der Waals surface area contributed by atoms with Crippen LogP contribution in [-0.2, 0) is 6.42 Å². The molecule has 0 unspecified atom stereocenters. The summed E-state index contributed by atoms with van der Waals surface area (Å²) in [7, 11) is 3.04. The molecule has 0 atom stereocenters. The number of methoxy groups -OCH3 is 2. The second-order valence-corrected chi connectivity index (χ2v) is 6.00. The minimum absolute atomic E-state index is 0.0236. The number of nitro groups is 1. The third-order valence-electron chi connectivity index (χ3n) is 4.03. The second kappa shape index (κ2) is 6.64. The van der Waals surface area contributed by atoms with Gasteiger partial charge in [-0.25, -0.2) is 0 Å². The van der Waals surface area contributed by atoms with Crippen LogP contribution in [0, 0.1) is 17.0 Å². The number of allylic oxidation sites excluding steroid dienone is 1. The van der Waals surface area contributed by atoms with Crippen LogP contribution < -0.4 is 14.2 Å². The third kappa shape index (κ3) is 3.13. The number of hydrogen-bond acceptors (Lipinski definition) is 5. The summed E-state index contributed by atoms with van der Waals surface area (Å²) in [6, 6.07) is 8.56. The first-order chi connectivity index (χ1) is 11.9. The zero-order valence-electron chi connectivity index (χ0n) is 14.0. The van der Waals surface area contributed by atoms with E-state index in [2.05, 4.69) is 0 Å². The average molecular weight is 362 g/mol. The fourth-order valence-corrected chi connectivity index (χ4v) is 2.85. The number of nitrogens with zero attached hydrogens (tertiary/aromatic N) is 1. The van der Waals surface area contributed by atoms with E-state index in [1.807, 2.05) is 6.92 Å². The summed E-state index contributed by atoms with van der Waals surface area (Å²) in [5.74, 6) is 1.66. The van der Waals surface area contributed by atoms with Gasteiger partial charge >= 0.3 is 0 Å². The van der Waals surface area contributed by atoms with Crippen LogP contribution in [0.2, 0.25) is 5.02 Å². The fourth-order valence-electron chi connectivity index (χ4n) is 2.73. The lowest BCUT2D eigenvalue weighted by Gasteiger charge is -2.22. The number of ether oxygens (including phenoxy) is 3. The SMILES string of the molecule is COc1cc2c(c(OC)c1)OC(c1ccc(Cl)c(C)c1)=C([N+](=O)[O-])C2. The van der Waals surface area contributed by atoms with Crippen molar-refractivity contribution < 1.29 is 19.1 Å². The van der Waals surface area contributed by atoms with Crippen molar-refractivity contribution >= 4 is 17.4 Å². The molecule has 6 nitrogen and oxygen atoms in total. The summed E-state index contributed by atoms with van der Waals surface area (Å²) in [6.07, 6.45) is 0.104. The Balaban J connectivity index is 2.16. The van der Waals surface area contributed by atoms with Crippen molar-refractivity contribution in [2.24, 2.45) is 0 Å². The van der Waals surface area contributed by atoms with Crippen molar-refractivity contribution in [2.75, 3.05) is 14.2 Å². The van der Waals surface area contributed by atoms with Gasteiger partial charge in [0.05, 0.1) is 25.6 Å². The van der Waals surface area contributed by atoms with Gasteiger partial charge in [0.2, 0.25) is 5.76 Å². The predicted octanol–water partition coefficient (Wildman–Crippen LogP) is 4.25. The molecule has 1 aliphatic heterocycles. The van der Waals surface area contributed by atoms with Crippen LogP contribution in [0.1, 0.15) is 16.7 Å². The molecule has 1 heterocycles. The van der Waals surface area contributed by atoms with E-state index in [1.54, 1.807) is 30.3 Å². The van der Waals surface area contributed by atoms with Gasteiger partial charge in [-0.3, -0.25) is 10.1 Å². The van der Waals surface area contributed by atoms with Gasteiger partial charge in [-0.05, 0) is 36.8 Å². The summed E-state index contributed by atoms with van der Waals surface area (Å²) < 4.78 is 16.5. The molecule has 2 aromatic rings. The number of rotatable bonds is 4. The van der Waals surface area contributed by atoms with Crippen molar-refractivity contribution in [1.29, 1.82) is 0 Å². The van der Waals surface area contributed by atoms with Crippen LogP contribution in [0.4, 0.5) is 0 Å². The largest absolute Gasteiger partial charge is 0.497 e. The van der Waals surface area contributed by atoms with Gasteiger partial charge < -0.3 is 14.2 Å². The van der Waals surface area contributed by atoms with E-state index in [0.29, 0.717) is 33.4 Å². The summed E-state index contributed by atoms with van der Waals surface area (Å²) in [5.41, 5.74) is 2.02. The Labute approximate surface area is 149 Å². The molecular formula is C18H16ClNO5. The Bertz CT molecular complexity index is 891. The van der Waals surface area contributed by atoms with Gasteiger partial charge in [0.15, 0.2) is 11.5 Å². The highest BCUT2D eigenvalue weighted by Gasteiger charge is 2.32. The summed E-state index contributed by atoms with van der Waals surface area (Å²) >= 11 is 6.06. The zero-order chi connectivity index (χ0) is 18.1. The number of benzene rings is 2. The van der Waals surface area contributed by atoms with E-state index in [0.717, 1.165) is 5.56 Å². The second-order valence-electron chi connectivity index (χ2n) is 5.59. The van der Waals surface area contributed by atoms with Crippen molar-refractivity contribution in [3.63, 3.8) is 0 Å². The lowest BCUT2D eigenvalue weighted by molar-refractivity contribution is -0.427. The first kappa shape index (κ1) is 17.1. The van der Waals surface area contributed by atoms with Gasteiger partial charge in [-0.2, -0.15) is 0 Å². The Hall–Kier alpha value is -2.73. The normalized spacial score (nSPS) is 13.1. The van der Waals surface area contributed by atoms with Crippen LogP contribution in [0.5, 0.6) is 17.2 Å². The van der Waals surface area contributed by atoms with Crippen molar-refractivity contribution in [3.8, 4) is 17.2 Å². The molecule has 0 N–H and O–H groups in total. The summed E-state index contributed by atoms with van der Waals surface area (Å²) in [4.78, 5) is 11.2. The van der Waals surface area contributed by atoms with Crippen molar-refractivity contribution in [3.05, 3.63) is 67.9 Å². The van der Waals surface area contributed by atoms with Gasteiger partial charge in [-0.15, -0.1) is 0 Å². The van der Waals surface area contributed by atoms with Crippen LogP contribution in [-0.4, -0.2) is 19.1 Å². The predicted molar refractivity (Wildman–Crippen MR) is 94.0 cm³/mol. The minimum Gasteiger partial charge on any atom is -0.497 e. The minimum atomic E-state index is -0.422. The standard InChI is InChI=1S/C18H16ClNO5/c1-10-6-11(4-5-14(10)19)17-15(20(21)22)8-12-7-13(23-2)9-16(24-3)18(12)25-17/h4-7,9H,8H2,1-3H3. The third-order valence-corrected chi connectivity index (χ3v) is 4.45. The quantitative estimate of drug-likeness (QED) is 0.601. The molecule has 2 aromatic carbocycles. The average Bonchev–Trinajstić information content (AvgIpc) is 2.61. The fraction of sp³-hybridized carbons (Fsp3) is 0.222. The Kier molecular flexibility index (Phi) is 4.55. The summed E-state index contributed by atoms with van der Waals surface area (Å²) in [5, 5.41) is 12.2. The van der Waals surface area contributed by atoms with Gasteiger partial charge in [0.25, 0.3) is 5.70 Å². The first-order valence-corrected chi connectivity index (χ1v) is 7.89. The van der Waals surface area contributed by atoms with Crippen molar-refractivity contribution in [2.45, 2.75) is 13.3 Å². The van der Waals surface area contributed by atoms with E-state index in [4.69, 9.17) is 25.8 Å². The molecule has 0 amide bonds. The lowest BCUT2D eigenvalue weighted by Crippen LogP contribution is -2.16. The number of hydrogen-bond donors (Lipinski definition) is 0. The van der Waals surface area contributed by atoms with Crippen molar-refractivity contribution in [1.82, 2.24) is 0 Å². The molecule has 0 aromatic heterocycles. The molecular weight excluding hydrogens is 346 g/mol. The maximum Gasteiger partial charge on any atom is 0.293 e. The molecule has 25 heavy (non-hydrogen) atoms. The first-order valence-electron chi connectivity index (χ1n) is 7.51. The van der Waals surface area contributed by atoms with E-state index in [9.17, 15) is 10.1 Å². The van der Waals surface area contributed by atoms with Crippen LogP contribution >= 0.6 is 11.6 Å². The van der Waals surface area contributed by atoms with E-state index in [1.165, 1.54) is 14.2 Å². The Morgan fingerprint density at radius 2 is 1.96 bits per heavy atom. The smallest absolute Gasteiger partial charge is 0.293 e. The maximum absolute atomic E-state index is 11.6. The zero-order valence-corrected chi connectivity index (χ0v) is 14.7. The highest BCUT2D eigenvalue weighted by molar-refractivity contribution is 6.31. The Morgan fingerprint density at radius 1 is 1.20 bits per heavy atom. The molecule has 0 spiro atoms. The molecule has 7 heteroatoms. The van der Waals surface area contributed by atoms with E-state index < -0.39 is 4.92 Å². The number of fused-ring (bicyclic) bond motifs is 1. The van der Waals surface area contributed by atoms with Crippen LogP contribution in [0.3, 0.4) is 0 Å². The number of aryl methyl sites for hydroxylation is 1. The van der Waals surface area contributed by atoms with Gasteiger partial charge in [-0.1, -0.05) is 11.6 Å². The molecule has 0 aliphatic carbocycles. The number of halogens is 1. The molecule has 0 saturated carbocycles. The summed E-state index contributed by atoms with van der Waals surface area (Å²) in [6.45, 7) is 1.83. The molecule has 1 aliphatic rings. The lowest BCUT2D eigenvalue weighted by atomic mass is 10.0. The molecule has 130 valence electrons.